The summed E-state index contributed by atoms with van der Waals surface area (Å²) >= 11 is 0. The van der Waals surface area contributed by atoms with Gasteiger partial charge in [0.2, 0.25) is 5.91 Å². The van der Waals surface area contributed by atoms with Gasteiger partial charge in [-0.1, -0.05) is 68.3 Å². The minimum Gasteiger partial charge on any atom is -0.481 e. The molecule has 0 bridgehead atoms. The number of hydrogen-bond acceptors (Lipinski definition) is 4. The second-order valence-corrected chi connectivity index (χ2v) is 10.5. The zero-order valence-electron chi connectivity index (χ0n) is 20.2. The highest BCUT2D eigenvalue weighted by Gasteiger charge is 2.49. The molecule has 1 saturated carbocycles. The zero-order valence-corrected chi connectivity index (χ0v) is 20.2. The first-order valence-electron chi connectivity index (χ1n) is 12.4. The van der Waals surface area contributed by atoms with E-state index in [0.29, 0.717) is 18.9 Å². The number of ether oxygens (including phenoxy) is 1. The first-order chi connectivity index (χ1) is 16.8. The van der Waals surface area contributed by atoms with Crippen LogP contribution in [0.2, 0.25) is 0 Å². The molecule has 2 aliphatic carbocycles. The summed E-state index contributed by atoms with van der Waals surface area (Å²) in [5.41, 5.74) is 3.59. The normalized spacial score (nSPS) is 23.9. The summed E-state index contributed by atoms with van der Waals surface area (Å²) in [7, 11) is 0. The van der Waals surface area contributed by atoms with Gasteiger partial charge in [0.05, 0.1) is 5.41 Å². The average molecular weight is 477 g/mol. The lowest BCUT2D eigenvalue weighted by Gasteiger charge is -2.26. The van der Waals surface area contributed by atoms with Crippen LogP contribution in [0.1, 0.15) is 50.2 Å². The lowest BCUT2D eigenvalue weighted by molar-refractivity contribution is -0.149. The van der Waals surface area contributed by atoms with Gasteiger partial charge in [0.1, 0.15) is 12.6 Å². The van der Waals surface area contributed by atoms with E-state index in [4.69, 9.17) is 4.74 Å². The Labute approximate surface area is 205 Å². The highest BCUT2D eigenvalue weighted by molar-refractivity contribution is 5.87. The molecule has 0 aromatic heterocycles. The van der Waals surface area contributed by atoms with Crippen LogP contribution in [0.15, 0.2) is 48.5 Å². The van der Waals surface area contributed by atoms with E-state index in [0.717, 1.165) is 35.1 Å². The molecule has 3 atom stereocenters. The van der Waals surface area contributed by atoms with Crippen molar-refractivity contribution < 1.29 is 24.2 Å². The van der Waals surface area contributed by atoms with E-state index in [2.05, 4.69) is 29.6 Å². The van der Waals surface area contributed by atoms with Crippen LogP contribution in [-0.4, -0.2) is 53.7 Å². The minimum atomic E-state index is -0.983. The van der Waals surface area contributed by atoms with Crippen LogP contribution in [0.5, 0.6) is 0 Å². The van der Waals surface area contributed by atoms with Gasteiger partial charge in [-0.25, -0.2) is 4.79 Å². The number of carboxylic acid groups (broad SMARTS) is 1. The summed E-state index contributed by atoms with van der Waals surface area (Å²) in [5, 5.41) is 12.5. The fourth-order valence-corrected chi connectivity index (χ4v) is 5.51. The van der Waals surface area contributed by atoms with Crippen molar-refractivity contribution in [1.82, 2.24) is 10.2 Å². The molecule has 2 aromatic carbocycles. The Hall–Kier alpha value is -3.35. The third-order valence-corrected chi connectivity index (χ3v) is 8.10. The van der Waals surface area contributed by atoms with E-state index in [1.54, 1.807) is 11.8 Å². The summed E-state index contributed by atoms with van der Waals surface area (Å²) < 4.78 is 5.67. The molecule has 2 amide bonds. The van der Waals surface area contributed by atoms with Crippen molar-refractivity contribution in [3.63, 3.8) is 0 Å². The summed E-state index contributed by atoms with van der Waals surface area (Å²) in [6.07, 6.45) is 2.02. The molecule has 0 radical (unpaired) electrons. The van der Waals surface area contributed by atoms with Gasteiger partial charge < -0.3 is 20.1 Å². The number of likely N-dealkylation sites (tertiary alicyclic amines) is 1. The smallest absolute Gasteiger partial charge is 0.407 e. The number of carboxylic acids is 1. The van der Waals surface area contributed by atoms with Gasteiger partial charge in [0.25, 0.3) is 0 Å². The van der Waals surface area contributed by atoms with Crippen molar-refractivity contribution in [3.8, 4) is 11.1 Å². The third-order valence-electron chi connectivity index (χ3n) is 8.10. The average Bonchev–Trinajstić information content (AvgIpc) is 3.53. The molecule has 2 unspecified atom stereocenters. The molecule has 2 aromatic rings. The number of nitrogens with zero attached hydrogens (tertiary/aromatic N) is 1. The maximum absolute atomic E-state index is 13.4. The van der Waals surface area contributed by atoms with Crippen LogP contribution in [-0.2, 0) is 14.3 Å². The van der Waals surface area contributed by atoms with Crippen LogP contribution in [0.25, 0.3) is 11.1 Å². The molecule has 2 N–H and O–H groups in total. The fraction of sp³-hybridized carbons (Fsp3) is 0.464. The highest BCUT2D eigenvalue weighted by Crippen LogP contribution is 2.44. The molecule has 3 aliphatic rings. The molecular weight excluding hydrogens is 444 g/mol. The van der Waals surface area contributed by atoms with Crippen LogP contribution < -0.4 is 5.32 Å². The van der Waals surface area contributed by atoms with Crippen molar-refractivity contribution in [2.45, 2.75) is 45.1 Å². The molecule has 1 aliphatic heterocycles. The molecule has 2 fully saturated rings. The Morgan fingerprint density at radius 1 is 1.09 bits per heavy atom. The highest BCUT2D eigenvalue weighted by atomic mass is 16.5. The number of amides is 2. The molecule has 5 rings (SSSR count). The largest absolute Gasteiger partial charge is 0.481 e. The van der Waals surface area contributed by atoms with Gasteiger partial charge in [0, 0.05) is 19.0 Å². The molecular formula is C28H32N2O5. The quantitative estimate of drug-likeness (QED) is 0.622. The maximum Gasteiger partial charge on any atom is 0.407 e. The van der Waals surface area contributed by atoms with Crippen LogP contribution in [0.4, 0.5) is 4.79 Å². The second-order valence-electron chi connectivity index (χ2n) is 10.5. The fourth-order valence-electron chi connectivity index (χ4n) is 5.51. The molecule has 1 saturated heterocycles. The lowest BCUT2D eigenvalue weighted by Crippen LogP contribution is -2.49. The van der Waals surface area contributed by atoms with Crippen LogP contribution >= 0.6 is 0 Å². The number of carbonyl (C=O) groups is 3. The van der Waals surface area contributed by atoms with Gasteiger partial charge >= 0.3 is 12.1 Å². The summed E-state index contributed by atoms with van der Waals surface area (Å²) in [6, 6.07) is 15.6. The molecule has 7 nitrogen and oxygen atoms in total. The van der Waals surface area contributed by atoms with E-state index in [1.807, 2.05) is 31.2 Å². The predicted molar refractivity (Wildman–Crippen MR) is 131 cm³/mol. The molecule has 1 heterocycles. The Kier molecular flexibility index (Phi) is 6.03. The predicted octanol–water partition coefficient (Wildman–Crippen LogP) is 4.26. The first kappa shape index (κ1) is 23.4. The summed E-state index contributed by atoms with van der Waals surface area (Å²) in [4.78, 5) is 39.6. The van der Waals surface area contributed by atoms with E-state index in [1.165, 1.54) is 0 Å². The minimum absolute atomic E-state index is 0.0542. The Morgan fingerprint density at radius 3 is 2.23 bits per heavy atom. The van der Waals surface area contributed by atoms with Gasteiger partial charge in [-0.05, 0) is 47.4 Å². The summed E-state index contributed by atoms with van der Waals surface area (Å²) in [5.74, 6) is -0.934. The Balaban J connectivity index is 1.26. The second kappa shape index (κ2) is 9.02. The van der Waals surface area contributed by atoms with Crippen LogP contribution in [0.3, 0.4) is 0 Å². The van der Waals surface area contributed by atoms with E-state index in [-0.39, 0.29) is 30.9 Å². The van der Waals surface area contributed by atoms with Gasteiger partial charge in [0.15, 0.2) is 0 Å². The number of rotatable bonds is 7. The number of hydrogen-bond donors (Lipinski definition) is 2. The van der Waals surface area contributed by atoms with Crippen molar-refractivity contribution >= 4 is 18.0 Å². The number of alkyl carbamates (subject to hydrolysis) is 1. The van der Waals surface area contributed by atoms with Gasteiger partial charge in [-0.15, -0.1) is 0 Å². The zero-order chi connectivity index (χ0) is 24.7. The van der Waals surface area contributed by atoms with Crippen molar-refractivity contribution in [1.29, 1.82) is 0 Å². The third kappa shape index (κ3) is 4.40. The molecule has 184 valence electrons. The first-order valence-corrected chi connectivity index (χ1v) is 12.4. The van der Waals surface area contributed by atoms with Crippen molar-refractivity contribution in [2.24, 2.45) is 17.3 Å². The Morgan fingerprint density at radius 2 is 1.69 bits per heavy atom. The van der Waals surface area contributed by atoms with E-state index >= 15 is 0 Å². The maximum atomic E-state index is 13.4. The monoisotopic (exact) mass is 476 g/mol. The Bertz CT molecular complexity index is 1110. The topological polar surface area (TPSA) is 95.9 Å². The number of benzene rings is 2. The number of aliphatic carboxylic acids is 1. The number of nitrogens with one attached hydrogen (secondary N) is 1. The van der Waals surface area contributed by atoms with Crippen molar-refractivity contribution in [2.75, 3.05) is 19.7 Å². The summed E-state index contributed by atoms with van der Waals surface area (Å²) in [6.45, 7) is 4.24. The standard InChI is InChI=1S/C28H32N2O5/c1-17-14-30(16-28(17,2)26(32)33)25(31)24(13-18-11-12-18)29-27(34)35-15-23-21-9-5-3-7-19(21)20-8-4-6-10-22(20)23/h3-10,17-18,23-24H,11-16H2,1-2H3,(H,29,34)(H,32,33)/t17?,24-,28?/m0/s1. The van der Waals surface area contributed by atoms with Crippen molar-refractivity contribution in [3.05, 3.63) is 59.7 Å². The molecule has 7 heteroatoms. The van der Waals surface area contributed by atoms with Gasteiger partial charge in [-0.3, -0.25) is 9.59 Å². The lowest BCUT2D eigenvalue weighted by atomic mass is 9.81. The number of carbonyl (C=O) groups excluding carboxylic acids is 2. The molecule has 0 spiro atoms. The molecule has 35 heavy (non-hydrogen) atoms. The SMILES string of the molecule is CC1CN(C(=O)[C@H](CC2CC2)NC(=O)OCC2c3ccccc3-c3ccccc32)CC1(C)C(=O)O. The van der Waals surface area contributed by atoms with Gasteiger partial charge in [-0.2, -0.15) is 0 Å². The van der Waals surface area contributed by atoms with Crippen LogP contribution in [0, 0.1) is 17.3 Å². The van der Waals surface area contributed by atoms with E-state index in [9.17, 15) is 19.5 Å². The number of fused-ring (bicyclic) bond motifs is 3. The van der Waals surface area contributed by atoms with E-state index < -0.39 is 23.5 Å².